The van der Waals surface area contributed by atoms with E-state index in [1.807, 2.05) is 36.4 Å². The van der Waals surface area contributed by atoms with Crippen LogP contribution in [0.3, 0.4) is 0 Å². The zero-order valence-electron chi connectivity index (χ0n) is 20.4. The lowest BCUT2D eigenvalue weighted by molar-refractivity contribution is -0.132. The molecule has 0 atom stereocenters. The van der Waals surface area contributed by atoms with Crippen LogP contribution in [0.2, 0.25) is 0 Å². The van der Waals surface area contributed by atoms with Crippen molar-refractivity contribution in [2.45, 2.75) is 13.0 Å². The highest BCUT2D eigenvalue weighted by molar-refractivity contribution is 5.96. The first-order valence-corrected chi connectivity index (χ1v) is 12.3. The highest BCUT2D eigenvalue weighted by Gasteiger charge is 2.24. The SMILES string of the molecule is O=C(CN(CCN1CCOCC1)C(=O)c1cccc(F)c1)N(CCc1ccccc1)Cc1ccco1. The number of carbonyl (C=O) groups is 2. The monoisotopic (exact) mass is 493 g/mol. The average molecular weight is 494 g/mol. The smallest absolute Gasteiger partial charge is 0.254 e. The number of rotatable bonds is 11. The van der Waals surface area contributed by atoms with Gasteiger partial charge < -0.3 is 19.0 Å². The van der Waals surface area contributed by atoms with Crippen LogP contribution in [-0.4, -0.2) is 79.0 Å². The first-order valence-electron chi connectivity index (χ1n) is 12.3. The van der Waals surface area contributed by atoms with Crippen LogP contribution in [0.5, 0.6) is 0 Å². The topological polar surface area (TPSA) is 66.2 Å². The van der Waals surface area contributed by atoms with Gasteiger partial charge in [-0.1, -0.05) is 36.4 Å². The van der Waals surface area contributed by atoms with Gasteiger partial charge in [-0.05, 0) is 42.3 Å². The maximum Gasteiger partial charge on any atom is 0.254 e. The van der Waals surface area contributed by atoms with E-state index in [2.05, 4.69) is 4.90 Å². The van der Waals surface area contributed by atoms with Crippen LogP contribution < -0.4 is 0 Å². The van der Waals surface area contributed by atoms with E-state index in [-0.39, 0.29) is 23.9 Å². The predicted octanol–water partition coefficient (Wildman–Crippen LogP) is 3.46. The quantitative estimate of drug-likeness (QED) is 0.409. The van der Waals surface area contributed by atoms with E-state index in [0.29, 0.717) is 51.6 Å². The molecule has 2 aromatic carbocycles. The Labute approximate surface area is 211 Å². The third-order valence-electron chi connectivity index (χ3n) is 6.27. The molecule has 0 radical (unpaired) electrons. The van der Waals surface area contributed by atoms with Crippen molar-refractivity contribution in [1.29, 1.82) is 0 Å². The summed E-state index contributed by atoms with van der Waals surface area (Å²) in [4.78, 5) is 32.3. The molecule has 3 aromatic rings. The van der Waals surface area contributed by atoms with Gasteiger partial charge >= 0.3 is 0 Å². The van der Waals surface area contributed by atoms with E-state index in [1.165, 1.54) is 23.1 Å². The average Bonchev–Trinajstić information content (AvgIpc) is 3.43. The van der Waals surface area contributed by atoms with Gasteiger partial charge in [0.25, 0.3) is 5.91 Å². The Hall–Kier alpha value is -3.49. The minimum absolute atomic E-state index is 0.102. The van der Waals surface area contributed by atoms with Gasteiger partial charge in [0, 0.05) is 38.3 Å². The summed E-state index contributed by atoms with van der Waals surface area (Å²) in [5.74, 6) is -0.360. The van der Waals surface area contributed by atoms with Gasteiger partial charge in [-0.15, -0.1) is 0 Å². The predicted molar refractivity (Wildman–Crippen MR) is 134 cm³/mol. The first kappa shape index (κ1) is 25.6. The van der Waals surface area contributed by atoms with Gasteiger partial charge in [0.05, 0.1) is 26.0 Å². The molecule has 1 aliphatic rings. The van der Waals surface area contributed by atoms with Gasteiger partial charge in [0.15, 0.2) is 0 Å². The molecule has 1 saturated heterocycles. The van der Waals surface area contributed by atoms with E-state index < -0.39 is 5.82 Å². The maximum absolute atomic E-state index is 13.9. The maximum atomic E-state index is 13.9. The summed E-state index contributed by atoms with van der Waals surface area (Å²) >= 11 is 0. The van der Waals surface area contributed by atoms with Crippen LogP contribution in [0.25, 0.3) is 0 Å². The molecule has 4 rings (SSSR count). The van der Waals surface area contributed by atoms with Crippen LogP contribution in [0.15, 0.2) is 77.4 Å². The minimum Gasteiger partial charge on any atom is -0.467 e. The van der Waals surface area contributed by atoms with Crippen LogP contribution >= 0.6 is 0 Å². The molecular weight excluding hydrogens is 461 g/mol. The highest BCUT2D eigenvalue weighted by Crippen LogP contribution is 2.12. The molecule has 0 aliphatic carbocycles. The lowest BCUT2D eigenvalue weighted by atomic mass is 10.1. The van der Waals surface area contributed by atoms with Crippen molar-refractivity contribution in [2.75, 3.05) is 52.5 Å². The molecule has 2 amide bonds. The Balaban J connectivity index is 1.48. The van der Waals surface area contributed by atoms with Crippen molar-refractivity contribution in [2.24, 2.45) is 0 Å². The summed E-state index contributed by atoms with van der Waals surface area (Å²) in [5, 5.41) is 0. The number of morpholine rings is 1. The molecule has 0 N–H and O–H groups in total. The van der Waals surface area contributed by atoms with E-state index in [0.717, 1.165) is 18.7 Å². The standard InChI is InChI=1S/C28H32FN3O4/c29-25-9-4-8-24(20-25)28(34)32(14-13-30-15-18-35-19-16-30)22-27(33)31(21-26-10-5-17-36-26)12-11-23-6-2-1-3-7-23/h1-10,17,20H,11-16,18-19,21-22H2. The van der Waals surface area contributed by atoms with E-state index in [4.69, 9.17) is 9.15 Å². The van der Waals surface area contributed by atoms with Crippen LogP contribution in [0.4, 0.5) is 4.39 Å². The Morgan fingerprint density at radius 2 is 1.72 bits per heavy atom. The fourth-order valence-electron chi connectivity index (χ4n) is 4.20. The van der Waals surface area contributed by atoms with Gasteiger partial charge in [-0.3, -0.25) is 14.5 Å². The number of amides is 2. The molecule has 1 fully saturated rings. The van der Waals surface area contributed by atoms with Crippen molar-refractivity contribution >= 4 is 11.8 Å². The first-order chi connectivity index (χ1) is 17.6. The van der Waals surface area contributed by atoms with E-state index in [9.17, 15) is 14.0 Å². The summed E-state index contributed by atoms with van der Waals surface area (Å²) in [6, 6.07) is 19.2. The second-order valence-corrected chi connectivity index (χ2v) is 8.82. The summed E-state index contributed by atoms with van der Waals surface area (Å²) in [6.07, 6.45) is 2.26. The lowest BCUT2D eigenvalue weighted by Gasteiger charge is -2.31. The summed E-state index contributed by atoms with van der Waals surface area (Å²) in [5.41, 5.74) is 1.35. The third kappa shape index (κ3) is 7.50. The molecule has 0 bridgehead atoms. The van der Waals surface area contributed by atoms with E-state index in [1.54, 1.807) is 23.3 Å². The highest BCUT2D eigenvalue weighted by atomic mass is 19.1. The number of benzene rings is 2. The number of hydrogen-bond donors (Lipinski definition) is 0. The summed E-state index contributed by atoms with van der Waals surface area (Å²) in [7, 11) is 0. The van der Waals surface area contributed by atoms with Crippen LogP contribution in [0.1, 0.15) is 21.7 Å². The van der Waals surface area contributed by atoms with Crippen molar-refractivity contribution in [3.63, 3.8) is 0 Å². The number of hydrogen-bond acceptors (Lipinski definition) is 5. The molecule has 0 unspecified atom stereocenters. The molecule has 2 heterocycles. The molecule has 1 aliphatic heterocycles. The fraction of sp³-hybridized carbons (Fsp3) is 0.357. The molecular formula is C28H32FN3O4. The van der Waals surface area contributed by atoms with Crippen molar-refractivity contribution in [3.8, 4) is 0 Å². The number of ether oxygens (including phenoxy) is 1. The number of nitrogens with zero attached hydrogens (tertiary/aromatic N) is 3. The Kier molecular flexibility index (Phi) is 9.24. The zero-order chi connectivity index (χ0) is 25.2. The molecule has 1 aromatic heterocycles. The number of carbonyl (C=O) groups excluding carboxylic acids is 2. The Morgan fingerprint density at radius 1 is 0.917 bits per heavy atom. The molecule has 36 heavy (non-hydrogen) atoms. The molecule has 8 heteroatoms. The van der Waals surface area contributed by atoms with E-state index >= 15 is 0 Å². The van der Waals surface area contributed by atoms with Gasteiger partial charge in [-0.2, -0.15) is 0 Å². The Bertz CT molecular complexity index is 1100. The fourth-order valence-corrected chi connectivity index (χ4v) is 4.20. The lowest BCUT2D eigenvalue weighted by Crippen LogP contribution is -2.47. The molecule has 190 valence electrons. The normalized spacial score (nSPS) is 13.9. The molecule has 7 nitrogen and oxygen atoms in total. The van der Waals surface area contributed by atoms with Crippen LogP contribution in [0, 0.1) is 5.82 Å². The zero-order valence-corrected chi connectivity index (χ0v) is 20.4. The van der Waals surface area contributed by atoms with Crippen LogP contribution in [-0.2, 0) is 22.5 Å². The summed E-state index contributed by atoms with van der Waals surface area (Å²) < 4.78 is 24.8. The summed E-state index contributed by atoms with van der Waals surface area (Å²) in [6.45, 7) is 4.50. The molecule has 0 saturated carbocycles. The van der Waals surface area contributed by atoms with Crippen molar-refractivity contribution in [3.05, 3.63) is 95.7 Å². The number of halogens is 1. The number of furan rings is 1. The van der Waals surface area contributed by atoms with Crippen molar-refractivity contribution < 1.29 is 23.1 Å². The minimum atomic E-state index is -0.484. The van der Waals surface area contributed by atoms with Gasteiger partial charge in [0.2, 0.25) is 5.91 Å². The second kappa shape index (κ2) is 13.0. The third-order valence-corrected chi connectivity index (χ3v) is 6.27. The Morgan fingerprint density at radius 3 is 2.44 bits per heavy atom. The van der Waals surface area contributed by atoms with Gasteiger partial charge in [0.1, 0.15) is 18.1 Å². The van der Waals surface area contributed by atoms with Crippen molar-refractivity contribution in [1.82, 2.24) is 14.7 Å². The largest absolute Gasteiger partial charge is 0.467 e. The van der Waals surface area contributed by atoms with Gasteiger partial charge in [-0.25, -0.2) is 4.39 Å². The molecule has 0 spiro atoms. The second-order valence-electron chi connectivity index (χ2n) is 8.82.